The summed E-state index contributed by atoms with van der Waals surface area (Å²) in [5, 5.41) is 2.98. The zero-order chi connectivity index (χ0) is 17.6. The fourth-order valence-corrected chi connectivity index (χ4v) is 3.20. The summed E-state index contributed by atoms with van der Waals surface area (Å²) in [6.07, 6.45) is 4.27. The summed E-state index contributed by atoms with van der Waals surface area (Å²) in [6.45, 7) is 3.22. The maximum Gasteiger partial charge on any atom is 0.317 e. The van der Waals surface area contributed by atoms with Gasteiger partial charge in [0, 0.05) is 43.9 Å². The van der Waals surface area contributed by atoms with Crippen molar-refractivity contribution in [2.75, 3.05) is 25.0 Å². The summed E-state index contributed by atoms with van der Waals surface area (Å²) in [5.74, 6) is 1.01. The van der Waals surface area contributed by atoms with Crippen LogP contribution in [0.15, 0.2) is 47.1 Å². The van der Waals surface area contributed by atoms with Crippen molar-refractivity contribution in [2.45, 2.75) is 25.9 Å². The average molecular weight is 403 g/mol. The number of nitrogens with one attached hydrogen (secondary N) is 1. The zero-order valence-electron chi connectivity index (χ0n) is 14.4. The number of aromatic nitrogens is 1. The van der Waals surface area contributed by atoms with Crippen molar-refractivity contribution in [3.8, 4) is 0 Å². The third-order valence-corrected chi connectivity index (χ3v) is 4.89. The lowest BCUT2D eigenvalue weighted by molar-refractivity contribution is 0.206. The molecule has 0 atom stereocenters. The van der Waals surface area contributed by atoms with Gasteiger partial charge in [-0.05, 0) is 48.2 Å². The second kappa shape index (κ2) is 8.34. The molecule has 132 valence electrons. The van der Waals surface area contributed by atoms with E-state index in [9.17, 15) is 4.79 Å². The molecule has 1 saturated heterocycles. The van der Waals surface area contributed by atoms with E-state index in [0.29, 0.717) is 13.1 Å². The Morgan fingerprint density at radius 1 is 1.20 bits per heavy atom. The molecule has 1 fully saturated rings. The van der Waals surface area contributed by atoms with Gasteiger partial charge >= 0.3 is 6.03 Å². The third-order valence-electron chi connectivity index (χ3n) is 4.36. The largest absolute Gasteiger partial charge is 0.357 e. The van der Waals surface area contributed by atoms with Crippen LogP contribution >= 0.6 is 15.9 Å². The number of urea groups is 1. The number of pyridine rings is 1. The second-order valence-electron chi connectivity index (χ2n) is 6.36. The Morgan fingerprint density at radius 3 is 2.64 bits per heavy atom. The molecular formula is C19H23BrN4O. The Labute approximate surface area is 157 Å². The van der Waals surface area contributed by atoms with Gasteiger partial charge in [0.1, 0.15) is 5.82 Å². The molecule has 1 aliphatic rings. The molecule has 2 aromatic rings. The Hall–Kier alpha value is -2.08. The summed E-state index contributed by atoms with van der Waals surface area (Å²) in [6, 6.07) is 11.9. The van der Waals surface area contributed by atoms with Crippen LogP contribution in [0.25, 0.3) is 0 Å². The highest BCUT2D eigenvalue weighted by Gasteiger charge is 2.14. The number of benzene rings is 1. The van der Waals surface area contributed by atoms with E-state index in [1.165, 1.54) is 12.8 Å². The topological polar surface area (TPSA) is 48.5 Å². The summed E-state index contributed by atoms with van der Waals surface area (Å²) in [4.78, 5) is 20.7. The Bertz CT molecular complexity index is 714. The number of hydrogen-bond acceptors (Lipinski definition) is 3. The monoisotopic (exact) mass is 402 g/mol. The van der Waals surface area contributed by atoms with E-state index >= 15 is 0 Å². The lowest BCUT2D eigenvalue weighted by Crippen LogP contribution is -2.36. The number of anilines is 1. The Morgan fingerprint density at radius 2 is 1.92 bits per heavy atom. The number of rotatable bonds is 5. The molecule has 2 amide bonds. The molecule has 0 spiro atoms. The lowest BCUT2D eigenvalue weighted by atomic mass is 10.2. The van der Waals surface area contributed by atoms with E-state index in [1.807, 2.05) is 36.5 Å². The van der Waals surface area contributed by atoms with Crippen LogP contribution in [0.4, 0.5) is 10.6 Å². The number of halogens is 1. The first-order valence-corrected chi connectivity index (χ1v) is 9.34. The Balaban J connectivity index is 1.52. The maximum absolute atomic E-state index is 12.3. The van der Waals surface area contributed by atoms with E-state index in [-0.39, 0.29) is 6.03 Å². The van der Waals surface area contributed by atoms with Crippen molar-refractivity contribution < 1.29 is 4.79 Å². The van der Waals surface area contributed by atoms with E-state index in [4.69, 9.17) is 0 Å². The predicted octanol–water partition coefficient (Wildman–Crippen LogP) is 3.79. The number of amides is 2. The molecule has 0 unspecified atom stereocenters. The van der Waals surface area contributed by atoms with Crippen molar-refractivity contribution in [1.82, 2.24) is 15.2 Å². The molecule has 25 heavy (non-hydrogen) atoms. The van der Waals surface area contributed by atoms with Crippen LogP contribution in [0.1, 0.15) is 24.0 Å². The molecule has 2 heterocycles. The molecule has 0 radical (unpaired) electrons. The van der Waals surface area contributed by atoms with Gasteiger partial charge in [0.05, 0.1) is 0 Å². The first kappa shape index (κ1) is 17.7. The molecule has 0 aliphatic carbocycles. The van der Waals surface area contributed by atoms with Gasteiger partial charge in [0.25, 0.3) is 0 Å². The first-order valence-electron chi connectivity index (χ1n) is 8.55. The van der Waals surface area contributed by atoms with Crippen molar-refractivity contribution >= 4 is 27.8 Å². The van der Waals surface area contributed by atoms with Gasteiger partial charge in [-0.15, -0.1) is 0 Å². The third kappa shape index (κ3) is 4.95. The summed E-state index contributed by atoms with van der Waals surface area (Å²) >= 11 is 3.42. The molecular weight excluding hydrogens is 380 g/mol. The highest BCUT2D eigenvalue weighted by atomic mass is 79.9. The summed E-state index contributed by atoms with van der Waals surface area (Å²) < 4.78 is 1.04. The van der Waals surface area contributed by atoms with E-state index in [0.717, 1.165) is 34.5 Å². The number of nitrogens with zero attached hydrogens (tertiary/aromatic N) is 3. The van der Waals surface area contributed by atoms with Crippen LogP contribution in [-0.2, 0) is 13.1 Å². The minimum Gasteiger partial charge on any atom is -0.357 e. The maximum atomic E-state index is 12.3. The molecule has 3 rings (SSSR count). The zero-order valence-corrected chi connectivity index (χ0v) is 16.0. The SMILES string of the molecule is CN(Cc1ccc(Br)cc1)C(=O)NCc1ccnc(N2CCCC2)c1. The van der Waals surface area contributed by atoms with Crippen LogP contribution < -0.4 is 10.2 Å². The number of carbonyl (C=O) groups is 1. The molecule has 0 saturated carbocycles. The minimum atomic E-state index is -0.0811. The van der Waals surface area contributed by atoms with E-state index in [1.54, 1.807) is 11.9 Å². The molecule has 6 heteroatoms. The first-order chi connectivity index (χ1) is 12.1. The molecule has 1 N–H and O–H groups in total. The van der Waals surface area contributed by atoms with Crippen molar-refractivity contribution in [2.24, 2.45) is 0 Å². The van der Waals surface area contributed by atoms with Gasteiger partial charge in [0.15, 0.2) is 0 Å². The van der Waals surface area contributed by atoms with Crippen LogP contribution in [0, 0.1) is 0 Å². The van der Waals surface area contributed by atoms with Gasteiger partial charge in [0.2, 0.25) is 0 Å². The quantitative estimate of drug-likeness (QED) is 0.827. The lowest BCUT2D eigenvalue weighted by Gasteiger charge is -2.19. The smallest absolute Gasteiger partial charge is 0.317 e. The van der Waals surface area contributed by atoms with E-state index < -0.39 is 0 Å². The van der Waals surface area contributed by atoms with Gasteiger partial charge in [-0.2, -0.15) is 0 Å². The average Bonchev–Trinajstić information content (AvgIpc) is 3.16. The standard InChI is InChI=1S/C19H23BrN4O/c1-23(14-15-4-6-17(20)7-5-15)19(25)22-13-16-8-9-21-18(12-16)24-10-2-3-11-24/h4-9,12H,2-3,10-11,13-14H2,1H3,(H,22,25). The molecule has 5 nitrogen and oxygen atoms in total. The number of carbonyl (C=O) groups excluding carboxylic acids is 1. The van der Waals surface area contributed by atoms with Gasteiger partial charge in [-0.1, -0.05) is 28.1 Å². The van der Waals surface area contributed by atoms with Gasteiger partial charge in [-0.25, -0.2) is 9.78 Å². The van der Waals surface area contributed by atoms with Gasteiger partial charge in [-0.3, -0.25) is 0 Å². The van der Waals surface area contributed by atoms with Crippen LogP contribution in [0.5, 0.6) is 0 Å². The normalized spacial score (nSPS) is 13.8. The minimum absolute atomic E-state index is 0.0811. The molecule has 0 bridgehead atoms. The Kier molecular flexibility index (Phi) is 5.91. The van der Waals surface area contributed by atoms with Gasteiger partial charge < -0.3 is 15.1 Å². The van der Waals surface area contributed by atoms with E-state index in [2.05, 4.69) is 37.2 Å². The van der Waals surface area contributed by atoms with Crippen LogP contribution in [-0.4, -0.2) is 36.1 Å². The fraction of sp³-hybridized carbons (Fsp3) is 0.368. The van der Waals surface area contributed by atoms with Crippen LogP contribution in [0.3, 0.4) is 0 Å². The molecule has 1 aliphatic heterocycles. The second-order valence-corrected chi connectivity index (χ2v) is 7.27. The van der Waals surface area contributed by atoms with Crippen molar-refractivity contribution in [3.63, 3.8) is 0 Å². The highest BCUT2D eigenvalue weighted by molar-refractivity contribution is 9.10. The number of hydrogen-bond donors (Lipinski definition) is 1. The predicted molar refractivity (Wildman–Crippen MR) is 104 cm³/mol. The fourth-order valence-electron chi connectivity index (χ4n) is 2.94. The summed E-state index contributed by atoms with van der Waals surface area (Å²) in [7, 11) is 1.81. The van der Waals surface area contributed by atoms with Crippen LogP contribution in [0.2, 0.25) is 0 Å². The van der Waals surface area contributed by atoms with Crippen molar-refractivity contribution in [1.29, 1.82) is 0 Å². The van der Waals surface area contributed by atoms with Crippen molar-refractivity contribution in [3.05, 3.63) is 58.2 Å². The molecule has 1 aromatic heterocycles. The summed E-state index contributed by atoms with van der Waals surface area (Å²) in [5.41, 5.74) is 2.17. The highest BCUT2D eigenvalue weighted by Crippen LogP contribution is 2.18. The molecule has 1 aromatic carbocycles.